The van der Waals surface area contributed by atoms with Crippen molar-refractivity contribution in [1.82, 2.24) is 19.7 Å². The molecule has 2 heterocycles. The number of rotatable bonds is 6. The number of nitrogens with one attached hydrogen (secondary N) is 2. The van der Waals surface area contributed by atoms with Crippen LogP contribution in [-0.4, -0.2) is 32.7 Å². The minimum absolute atomic E-state index is 0.0380. The van der Waals surface area contributed by atoms with Gasteiger partial charge in [0.15, 0.2) is 0 Å². The molecule has 11 heteroatoms. The fourth-order valence-electron chi connectivity index (χ4n) is 3.07. The average Bonchev–Trinajstić information content (AvgIpc) is 3.52. The third-order valence-electron chi connectivity index (χ3n) is 4.76. The van der Waals surface area contributed by atoms with Gasteiger partial charge in [-0.15, -0.1) is 0 Å². The third kappa shape index (κ3) is 3.40. The number of carbonyl (C=O) groups is 1. The van der Waals surface area contributed by atoms with Crippen LogP contribution in [0.3, 0.4) is 0 Å². The Hall–Kier alpha value is -2.85. The van der Waals surface area contributed by atoms with E-state index in [0.29, 0.717) is 12.1 Å². The zero-order valence-corrected chi connectivity index (χ0v) is 14.4. The van der Waals surface area contributed by atoms with Gasteiger partial charge in [-0.3, -0.25) is 9.48 Å². The lowest BCUT2D eigenvalue weighted by Gasteiger charge is -2.12. The zero-order valence-electron chi connectivity index (χ0n) is 14.4. The maximum atomic E-state index is 13.0. The fourth-order valence-corrected chi connectivity index (χ4v) is 3.07. The van der Waals surface area contributed by atoms with Crippen molar-refractivity contribution in [1.29, 1.82) is 0 Å². The molecule has 0 bridgehead atoms. The second-order valence-corrected chi connectivity index (χ2v) is 6.82. The van der Waals surface area contributed by atoms with E-state index in [0.717, 1.165) is 24.7 Å². The summed E-state index contributed by atoms with van der Waals surface area (Å²) < 4.78 is 40.6. The van der Waals surface area contributed by atoms with Gasteiger partial charge in [0.05, 0.1) is 23.3 Å². The Morgan fingerprint density at radius 2 is 2.11 bits per heavy atom. The van der Waals surface area contributed by atoms with E-state index in [4.69, 9.17) is 5.73 Å². The summed E-state index contributed by atoms with van der Waals surface area (Å²) in [4.78, 5) is 19.0. The highest BCUT2D eigenvalue weighted by Gasteiger charge is 2.45. The molecular weight excluding hydrogens is 363 g/mol. The Morgan fingerprint density at radius 1 is 1.37 bits per heavy atom. The van der Waals surface area contributed by atoms with Crippen LogP contribution in [0.5, 0.6) is 0 Å². The highest BCUT2D eigenvalue weighted by Crippen LogP contribution is 2.47. The van der Waals surface area contributed by atoms with E-state index in [1.807, 2.05) is 0 Å². The minimum atomic E-state index is -4.54. The Balaban J connectivity index is 1.61. The summed E-state index contributed by atoms with van der Waals surface area (Å²) in [6.07, 6.45) is 0.558. The van der Waals surface area contributed by atoms with Gasteiger partial charge in [-0.25, -0.2) is 4.98 Å². The van der Waals surface area contributed by atoms with E-state index >= 15 is 0 Å². The van der Waals surface area contributed by atoms with E-state index in [9.17, 15) is 18.0 Å². The number of nitrogens with two attached hydrogens (primary N) is 1. The number of nitrogens with zero attached hydrogens (tertiary/aromatic N) is 4. The molecule has 2 unspecified atom stereocenters. The Morgan fingerprint density at radius 3 is 2.67 bits per heavy atom. The Bertz CT molecular complexity index is 891. The van der Waals surface area contributed by atoms with Crippen molar-refractivity contribution in [2.24, 2.45) is 11.7 Å². The number of primary amides is 1. The van der Waals surface area contributed by atoms with E-state index in [2.05, 4.69) is 25.7 Å². The molecule has 2 aliphatic rings. The van der Waals surface area contributed by atoms with Gasteiger partial charge in [-0.1, -0.05) is 0 Å². The van der Waals surface area contributed by atoms with Gasteiger partial charge in [0.25, 0.3) is 0 Å². The van der Waals surface area contributed by atoms with Crippen LogP contribution in [0.1, 0.15) is 42.5 Å². The number of anilines is 3. The molecule has 0 aliphatic heterocycles. The monoisotopic (exact) mass is 381 g/mol. The van der Waals surface area contributed by atoms with Gasteiger partial charge in [0, 0.05) is 25.4 Å². The average molecular weight is 381 g/mol. The first-order chi connectivity index (χ1) is 12.8. The molecule has 27 heavy (non-hydrogen) atoms. The van der Waals surface area contributed by atoms with Gasteiger partial charge >= 0.3 is 6.18 Å². The number of carbonyl (C=O) groups excluding carboxylic acids is 1. The summed E-state index contributed by atoms with van der Waals surface area (Å²) in [5.74, 6) is -0.573. The fraction of sp³-hybridized carbons (Fsp3) is 0.500. The smallest absolute Gasteiger partial charge is 0.372 e. The molecule has 2 saturated carbocycles. The van der Waals surface area contributed by atoms with E-state index < -0.39 is 11.7 Å². The van der Waals surface area contributed by atoms with Crippen LogP contribution in [-0.2, 0) is 11.0 Å². The molecule has 0 aromatic carbocycles. The predicted octanol–water partition coefficient (Wildman–Crippen LogP) is 2.40. The van der Waals surface area contributed by atoms with Gasteiger partial charge in [-0.2, -0.15) is 23.3 Å². The number of hydrogen-bond acceptors (Lipinski definition) is 6. The van der Waals surface area contributed by atoms with Crippen molar-refractivity contribution < 1.29 is 18.0 Å². The summed E-state index contributed by atoms with van der Waals surface area (Å²) in [5, 5.41) is 9.97. The van der Waals surface area contributed by atoms with Gasteiger partial charge < -0.3 is 16.4 Å². The lowest BCUT2D eigenvalue weighted by molar-refractivity contribution is -0.137. The third-order valence-corrected chi connectivity index (χ3v) is 4.76. The molecule has 2 atom stereocenters. The molecule has 4 rings (SSSR count). The zero-order chi connectivity index (χ0) is 19.3. The van der Waals surface area contributed by atoms with Crippen LogP contribution >= 0.6 is 0 Å². The van der Waals surface area contributed by atoms with Crippen LogP contribution in [0, 0.1) is 5.92 Å². The first kappa shape index (κ1) is 17.6. The van der Waals surface area contributed by atoms with Crippen molar-refractivity contribution >= 4 is 23.4 Å². The number of hydrogen-bond donors (Lipinski definition) is 3. The minimum Gasteiger partial charge on any atom is -0.372 e. The molecule has 2 aromatic rings. The molecule has 2 aromatic heterocycles. The standard InChI is InChI=1S/C16H18F3N7O/c1-21-14-9(16(17,18)19)5-22-15(24-14)23-10-6-26(11-4-8(11)13(20)27)25-12(10)7-2-3-7/h5-8,11H,2-4H2,1H3,(H2,20,27)(H2,21,22,23,24). The highest BCUT2D eigenvalue weighted by molar-refractivity contribution is 5.80. The van der Waals surface area contributed by atoms with Crippen LogP contribution in [0.25, 0.3) is 0 Å². The van der Waals surface area contributed by atoms with Crippen LogP contribution in [0.2, 0.25) is 0 Å². The molecule has 144 valence electrons. The second-order valence-electron chi connectivity index (χ2n) is 6.82. The van der Waals surface area contributed by atoms with Crippen LogP contribution in [0.15, 0.2) is 12.4 Å². The summed E-state index contributed by atoms with van der Waals surface area (Å²) >= 11 is 0. The summed E-state index contributed by atoms with van der Waals surface area (Å²) in [7, 11) is 1.37. The second kappa shape index (κ2) is 6.10. The van der Waals surface area contributed by atoms with E-state index in [-0.39, 0.29) is 35.6 Å². The summed E-state index contributed by atoms with van der Waals surface area (Å²) in [6.45, 7) is 0. The van der Waals surface area contributed by atoms with E-state index in [1.165, 1.54) is 7.05 Å². The Kier molecular flexibility index (Phi) is 3.97. The number of alkyl halides is 3. The SMILES string of the molecule is CNc1nc(Nc2cn(C3CC3C(N)=O)nc2C2CC2)ncc1C(F)(F)F. The normalized spacial score (nSPS) is 21.8. The summed E-state index contributed by atoms with van der Waals surface area (Å²) in [5.41, 5.74) is 5.84. The van der Waals surface area contributed by atoms with E-state index in [1.54, 1.807) is 10.9 Å². The highest BCUT2D eigenvalue weighted by atomic mass is 19.4. The number of aromatic nitrogens is 4. The van der Waals surface area contributed by atoms with Crippen LogP contribution < -0.4 is 16.4 Å². The van der Waals surface area contributed by atoms with Gasteiger partial charge in [-0.05, 0) is 19.3 Å². The molecule has 0 saturated heterocycles. The Labute approximate surface area is 152 Å². The van der Waals surface area contributed by atoms with Gasteiger partial charge in [0.2, 0.25) is 11.9 Å². The van der Waals surface area contributed by atoms with Crippen molar-refractivity contribution in [3.63, 3.8) is 0 Å². The molecular formula is C16H18F3N7O. The summed E-state index contributed by atoms with van der Waals surface area (Å²) in [6, 6.07) is -0.0723. The molecule has 2 fully saturated rings. The molecule has 1 amide bonds. The van der Waals surface area contributed by atoms with Crippen molar-refractivity contribution in [2.45, 2.75) is 37.4 Å². The number of halogens is 3. The van der Waals surface area contributed by atoms with Crippen LogP contribution in [0.4, 0.5) is 30.6 Å². The first-order valence-corrected chi connectivity index (χ1v) is 8.55. The van der Waals surface area contributed by atoms with Gasteiger partial charge in [0.1, 0.15) is 11.4 Å². The molecule has 0 radical (unpaired) electrons. The van der Waals surface area contributed by atoms with Crippen molar-refractivity contribution in [3.05, 3.63) is 23.7 Å². The lowest BCUT2D eigenvalue weighted by Crippen LogP contribution is -2.15. The molecule has 0 spiro atoms. The quantitative estimate of drug-likeness (QED) is 0.709. The maximum Gasteiger partial charge on any atom is 0.421 e. The first-order valence-electron chi connectivity index (χ1n) is 8.55. The van der Waals surface area contributed by atoms with Crippen molar-refractivity contribution in [3.8, 4) is 0 Å². The number of amides is 1. The largest absolute Gasteiger partial charge is 0.421 e. The molecule has 8 nitrogen and oxygen atoms in total. The lowest BCUT2D eigenvalue weighted by atomic mass is 10.2. The molecule has 2 aliphatic carbocycles. The predicted molar refractivity (Wildman–Crippen MR) is 90.4 cm³/mol. The topological polar surface area (TPSA) is 111 Å². The maximum absolute atomic E-state index is 13.0. The van der Waals surface area contributed by atoms with Crippen molar-refractivity contribution in [2.75, 3.05) is 17.7 Å². The molecule has 4 N–H and O–H groups in total.